The zero-order valence-corrected chi connectivity index (χ0v) is 15.9. The Bertz CT molecular complexity index is 717. The first-order valence-corrected chi connectivity index (χ1v) is 8.50. The Morgan fingerprint density at radius 2 is 2.00 bits per heavy atom. The summed E-state index contributed by atoms with van der Waals surface area (Å²) in [5.74, 6) is -1.50. The van der Waals surface area contributed by atoms with Crippen LogP contribution in [0.3, 0.4) is 0 Å². The van der Waals surface area contributed by atoms with Crippen LogP contribution in [-0.4, -0.2) is 55.7 Å². The van der Waals surface area contributed by atoms with Crippen molar-refractivity contribution in [3.05, 3.63) is 22.8 Å². The van der Waals surface area contributed by atoms with Gasteiger partial charge in [0, 0.05) is 19.6 Å². The lowest BCUT2D eigenvalue weighted by atomic mass is 9.97. The molecule has 0 radical (unpaired) electrons. The fourth-order valence-corrected chi connectivity index (χ4v) is 2.49. The monoisotopic (exact) mass is 383 g/mol. The molecule has 1 fully saturated rings. The number of hydrogen-bond acceptors (Lipinski definition) is 8. The van der Waals surface area contributed by atoms with Crippen LogP contribution in [0.15, 0.2) is 12.1 Å². The van der Waals surface area contributed by atoms with Crippen LogP contribution in [0.5, 0.6) is 0 Å². The van der Waals surface area contributed by atoms with Gasteiger partial charge in [0.25, 0.3) is 0 Å². The van der Waals surface area contributed by atoms with Crippen LogP contribution in [0, 0.1) is 5.41 Å². The van der Waals surface area contributed by atoms with E-state index in [1.54, 1.807) is 25.7 Å². The van der Waals surface area contributed by atoms with Crippen molar-refractivity contribution in [2.24, 2.45) is 5.41 Å². The van der Waals surface area contributed by atoms with Crippen molar-refractivity contribution < 1.29 is 23.9 Å². The highest BCUT2D eigenvalue weighted by molar-refractivity contribution is 6.29. The van der Waals surface area contributed by atoms with Crippen molar-refractivity contribution in [1.29, 1.82) is 0 Å². The number of nitrogens with one attached hydrogen (secondary N) is 1. The summed E-state index contributed by atoms with van der Waals surface area (Å²) in [4.78, 5) is 42.1. The van der Waals surface area contributed by atoms with Gasteiger partial charge in [-0.1, -0.05) is 11.6 Å². The zero-order valence-electron chi connectivity index (χ0n) is 15.2. The van der Waals surface area contributed by atoms with E-state index in [-0.39, 0.29) is 17.3 Å². The lowest BCUT2D eigenvalue weighted by molar-refractivity contribution is -0.167. The maximum atomic E-state index is 12.3. The molecular formula is C17H22ClN3O5. The van der Waals surface area contributed by atoms with Gasteiger partial charge in [-0.3, -0.25) is 4.79 Å². The minimum Gasteiger partial charge on any atom is -0.465 e. The van der Waals surface area contributed by atoms with Gasteiger partial charge in [0.15, 0.2) is 0 Å². The number of carbonyl (C=O) groups is 3. The molecule has 0 aromatic carbocycles. The third-order valence-electron chi connectivity index (χ3n) is 3.81. The standard InChI is InChI=1S/C17H22ClN3O5/c1-17(2,3)16(24)26-15(23)11-9-21(8-7-19-11)13-10(14(22)25-4)5-6-12(18)20-13/h5-6,11,19H,7-9H2,1-4H3. The molecule has 142 valence electrons. The van der Waals surface area contributed by atoms with E-state index in [9.17, 15) is 14.4 Å². The second-order valence-corrected chi connectivity index (χ2v) is 7.30. The van der Waals surface area contributed by atoms with E-state index in [4.69, 9.17) is 21.1 Å². The first-order chi connectivity index (χ1) is 12.1. The number of carbonyl (C=O) groups excluding carboxylic acids is 3. The van der Waals surface area contributed by atoms with Crippen molar-refractivity contribution in [1.82, 2.24) is 10.3 Å². The number of aromatic nitrogens is 1. The number of pyridine rings is 1. The topological polar surface area (TPSA) is 97.8 Å². The smallest absolute Gasteiger partial charge is 0.341 e. The number of piperazine rings is 1. The number of anilines is 1. The van der Waals surface area contributed by atoms with Gasteiger partial charge in [-0.2, -0.15) is 0 Å². The summed E-state index contributed by atoms with van der Waals surface area (Å²) in [5, 5.41) is 3.22. The molecule has 2 heterocycles. The fourth-order valence-electron chi connectivity index (χ4n) is 2.35. The number of esters is 3. The SMILES string of the molecule is COC(=O)c1ccc(Cl)nc1N1CCNC(C(=O)OC(=O)C(C)(C)C)C1. The molecule has 1 saturated heterocycles. The van der Waals surface area contributed by atoms with Gasteiger partial charge >= 0.3 is 17.9 Å². The highest BCUT2D eigenvalue weighted by Crippen LogP contribution is 2.23. The summed E-state index contributed by atoms with van der Waals surface area (Å²) >= 11 is 5.96. The Labute approximate surface area is 156 Å². The molecule has 1 aromatic rings. The molecule has 9 heteroatoms. The third kappa shape index (κ3) is 4.70. The highest BCUT2D eigenvalue weighted by atomic mass is 35.5. The van der Waals surface area contributed by atoms with E-state index in [1.165, 1.54) is 19.2 Å². The normalized spacial score (nSPS) is 17.6. The quantitative estimate of drug-likeness (QED) is 0.475. The van der Waals surface area contributed by atoms with Crippen LogP contribution in [0.4, 0.5) is 5.82 Å². The Hall–Kier alpha value is -2.19. The molecule has 1 aromatic heterocycles. The second-order valence-electron chi connectivity index (χ2n) is 6.91. The van der Waals surface area contributed by atoms with Gasteiger partial charge in [-0.25, -0.2) is 14.6 Å². The Balaban J connectivity index is 2.18. The van der Waals surface area contributed by atoms with E-state index < -0.39 is 29.4 Å². The van der Waals surface area contributed by atoms with Gasteiger partial charge in [0.2, 0.25) is 0 Å². The van der Waals surface area contributed by atoms with E-state index in [2.05, 4.69) is 10.3 Å². The third-order valence-corrected chi connectivity index (χ3v) is 4.02. The molecular weight excluding hydrogens is 362 g/mol. The van der Waals surface area contributed by atoms with Gasteiger partial charge in [0.05, 0.1) is 12.5 Å². The van der Waals surface area contributed by atoms with E-state index in [0.717, 1.165) is 0 Å². The Kier molecular flexibility index (Phi) is 6.20. The second kappa shape index (κ2) is 8.01. The molecule has 0 saturated carbocycles. The van der Waals surface area contributed by atoms with Crippen molar-refractivity contribution in [2.75, 3.05) is 31.6 Å². The summed E-state index contributed by atoms with van der Waals surface area (Å²) in [7, 11) is 1.27. The molecule has 1 atom stereocenters. The molecule has 0 aliphatic carbocycles. The number of methoxy groups -OCH3 is 1. The van der Waals surface area contributed by atoms with Gasteiger partial charge in [-0.05, 0) is 32.9 Å². The molecule has 1 aliphatic rings. The van der Waals surface area contributed by atoms with Crippen LogP contribution in [0.1, 0.15) is 31.1 Å². The Morgan fingerprint density at radius 3 is 2.62 bits per heavy atom. The number of nitrogens with zero attached hydrogens (tertiary/aromatic N) is 2. The largest absolute Gasteiger partial charge is 0.465 e. The first-order valence-electron chi connectivity index (χ1n) is 8.13. The molecule has 0 amide bonds. The van der Waals surface area contributed by atoms with E-state index >= 15 is 0 Å². The number of rotatable bonds is 3. The van der Waals surface area contributed by atoms with Crippen LogP contribution >= 0.6 is 11.6 Å². The zero-order chi connectivity index (χ0) is 19.5. The molecule has 1 aliphatic heterocycles. The highest BCUT2D eigenvalue weighted by Gasteiger charge is 2.33. The summed E-state index contributed by atoms with van der Waals surface area (Å²) < 4.78 is 9.73. The maximum Gasteiger partial charge on any atom is 0.341 e. The van der Waals surface area contributed by atoms with E-state index in [1.807, 2.05) is 0 Å². The predicted molar refractivity (Wildman–Crippen MR) is 95.1 cm³/mol. The summed E-state index contributed by atoms with van der Waals surface area (Å²) in [5.41, 5.74) is -0.534. The van der Waals surface area contributed by atoms with Crippen LogP contribution in [0.2, 0.25) is 5.15 Å². The van der Waals surface area contributed by atoms with Crippen molar-refractivity contribution in [3.8, 4) is 0 Å². The minimum atomic E-state index is -0.781. The number of halogens is 1. The molecule has 26 heavy (non-hydrogen) atoms. The average Bonchev–Trinajstić information content (AvgIpc) is 2.60. The van der Waals surface area contributed by atoms with Gasteiger partial charge < -0.3 is 19.7 Å². The first kappa shape index (κ1) is 20.1. The summed E-state index contributed by atoms with van der Waals surface area (Å²) in [6.45, 7) is 6.12. The van der Waals surface area contributed by atoms with Crippen molar-refractivity contribution >= 4 is 35.3 Å². The summed E-state index contributed by atoms with van der Waals surface area (Å²) in [6.07, 6.45) is 0. The van der Waals surface area contributed by atoms with Crippen molar-refractivity contribution in [3.63, 3.8) is 0 Å². The molecule has 2 rings (SSSR count). The van der Waals surface area contributed by atoms with Gasteiger partial charge in [0.1, 0.15) is 22.6 Å². The lowest BCUT2D eigenvalue weighted by Crippen LogP contribution is -2.55. The lowest BCUT2D eigenvalue weighted by Gasteiger charge is -2.34. The molecule has 1 unspecified atom stereocenters. The summed E-state index contributed by atoms with van der Waals surface area (Å²) in [6, 6.07) is 2.28. The predicted octanol–water partition coefficient (Wildman–Crippen LogP) is 1.42. The van der Waals surface area contributed by atoms with Gasteiger partial charge in [-0.15, -0.1) is 0 Å². The minimum absolute atomic E-state index is 0.174. The Morgan fingerprint density at radius 1 is 1.31 bits per heavy atom. The van der Waals surface area contributed by atoms with Crippen LogP contribution in [-0.2, 0) is 19.1 Å². The van der Waals surface area contributed by atoms with Crippen LogP contribution < -0.4 is 10.2 Å². The molecule has 0 bridgehead atoms. The number of ether oxygens (including phenoxy) is 2. The number of hydrogen-bond donors (Lipinski definition) is 1. The maximum absolute atomic E-state index is 12.3. The molecule has 1 N–H and O–H groups in total. The average molecular weight is 384 g/mol. The van der Waals surface area contributed by atoms with E-state index in [0.29, 0.717) is 18.9 Å². The molecule has 0 spiro atoms. The fraction of sp³-hybridized carbons (Fsp3) is 0.529. The van der Waals surface area contributed by atoms with Crippen LogP contribution in [0.25, 0.3) is 0 Å². The molecule has 8 nitrogen and oxygen atoms in total. The van der Waals surface area contributed by atoms with Crippen molar-refractivity contribution in [2.45, 2.75) is 26.8 Å².